The largest absolute Gasteiger partial charge is 0.352 e. The van der Waals surface area contributed by atoms with Gasteiger partial charge in [0, 0.05) is 35.7 Å². The smallest absolute Gasteiger partial charge is 0.266 e. The molecule has 168 valence electrons. The predicted molar refractivity (Wildman–Crippen MR) is 128 cm³/mol. The van der Waals surface area contributed by atoms with E-state index in [1.54, 1.807) is 42.8 Å². The van der Waals surface area contributed by atoms with E-state index in [1.807, 2.05) is 6.92 Å². The summed E-state index contributed by atoms with van der Waals surface area (Å²) in [5.41, 5.74) is 1.80. The number of rotatable bonds is 6. The van der Waals surface area contributed by atoms with Gasteiger partial charge in [-0.1, -0.05) is 6.07 Å². The number of aromatic amines is 1. The summed E-state index contributed by atoms with van der Waals surface area (Å²) >= 11 is 1.30. The molecule has 0 aliphatic carbocycles. The predicted octanol–water partition coefficient (Wildman–Crippen LogP) is 4.65. The van der Waals surface area contributed by atoms with E-state index in [-0.39, 0.29) is 23.5 Å². The average molecular weight is 465 g/mol. The molecule has 2 heterocycles. The molecule has 4 aromatic rings. The Balaban J connectivity index is 1.70. The number of benzene rings is 2. The lowest BCUT2D eigenvalue weighted by atomic mass is 10.1. The molecule has 2 aromatic heterocycles. The Kier molecular flexibility index (Phi) is 6.23. The Morgan fingerprint density at radius 2 is 1.82 bits per heavy atom. The van der Waals surface area contributed by atoms with Crippen molar-refractivity contribution >= 4 is 51.5 Å². The first-order chi connectivity index (χ1) is 15.9. The third kappa shape index (κ3) is 4.49. The van der Waals surface area contributed by atoms with E-state index >= 15 is 0 Å². The van der Waals surface area contributed by atoms with Gasteiger partial charge in [-0.2, -0.15) is 0 Å². The van der Waals surface area contributed by atoms with Crippen LogP contribution in [0.5, 0.6) is 0 Å². The lowest BCUT2D eigenvalue weighted by Crippen LogP contribution is -2.26. The van der Waals surface area contributed by atoms with Crippen LogP contribution in [0.25, 0.3) is 10.9 Å². The molecule has 0 fully saturated rings. The Morgan fingerprint density at radius 3 is 2.48 bits per heavy atom. The fraction of sp³-hybridized carbons (Fsp3) is 0.125. The minimum Gasteiger partial charge on any atom is -0.352 e. The Bertz CT molecular complexity index is 1330. The van der Waals surface area contributed by atoms with E-state index in [4.69, 9.17) is 0 Å². The van der Waals surface area contributed by atoms with Crippen molar-refractivity contribution in [3.63, 3.8) is 0 Å². The molecule has 4 rings (SSSR count). The summed E-state index contributed by atoms with van der Waals surface area (Å²) in [7, 11) is 1.61. The minimum absolute atomic E-state index is 0.277. The maximum Gasteiger partial charge on any atom is 0.266 e. The molecule has 0 atom stereocenters. The summed E-state index contributed by atoms with van der Waals surface area (Å²) in [6, 6.07) is 13.9. The number of carbonyl (C=O) groups is 3. The maximum atomic E-state index is 13.2. The molecule has 0 bridgehead atoms. The highest BCUT2D eigenvalue weighted by atomic mass is 32.1. The molecule has 2 aromatic carbocycles. The van der Waals surface area contributed by atoms with Gasteiger partial charge in [-0.15, -0.1) is 11.3 Å². The topological polar surface area (TPSA) is 94.3 Å². The zero-order chi connectivity index (χ0) is 23.5. The highest BCUT2D eigenvalue weighted by molar-refractivity contribution is 7.12. The third-order valence-corrected chi connectivity index (χ3v) is 5.98. The van der Waals surface area contributed by atoms with Crippen molar-refractivity contribution in [2.75, 3.05) is 23.8 Å². The number of hydrogen-bond donors (Lipinski definition) is 3. The molecular weight excluding hydrogens is 443 g/mol. The first kappa shape index (κ1) is 22.2. The number of fused-ring (bicyclic) bond motifs is 1. The van der Waals surface area contributed by atoms with Crippen LogP contribution in [0.2, 0.25) is 0 Å². The number of hydrogen-bond acceptors (Lipinski definition) is 4. The normalized spacial score (nSPS) is 10.8. The zero-order valence-electron chi connectivity index (χ0n) is 17.9. The van der Waals surface area contributed by atoms with Gasteiger partial charge in [0.2, 0.25) is 0 Å². The Labute approximate surface area is 193 Å². The number of amides is 3. The highest BCUT2D eigenvalue weighted by Crippen LogP contribution is 2.30. The van der Waals surface area contributed by atoms with Gasteiger partial charge in [0.1, 0.15) is 11.6 Å². The molecule has 0 spiro atoms. The van der Waals surface area contributed by atoms with Crippen molar-refractivity contribution in [1.82, 2.24) is 10.3 Å². The summed E-state index contributed by atoms with van der Waals surface area (Å²) in [6.45, 7) is 2.24. The average Bonchev–Trinajstić information content (AvgIpc) is 3.46. The third-order valence-electron chi connectivity index (χ3n) is 5.11. The van der Waals surface area contributed by atoms with Crippen molar-refractivity contribution in [3.8, 4) is 0 Å². The van der Waals surface area contributed by atoms with Gasteiger partial charge in [0.05, 0.1) is 10.4 Å². The number of anilines is 2. The van der Waals surface area contributed by atoms with Crippen molar-refractivity contribution in [1.29, 1.82) is 0 Å². The lowest BCUT2D eigenvalue weighted by molar-refractivity contribution is 0.0956. The van der Waals surface area contributed by atoms with E-state index in [2.05, 4.69) is 15.6 Å². The van der Waals surface area contributed by atoms with Crippen LogP contribution in [-0.2, 0) is 0 Å². The summed E-state index contributed by atoms with van der Waals surface area (Å²) in [6.07, 6.45) is 0. The molecule has 0 unspecified atom stereocenters. The standard InChI is InChI=1S/C24H21FN4O3S/c1-3-26-23(31)20-17-11-10-16(29(2)24(32)14-6-8-15(25)9-7-14)13-18(17)27-21(20)28-22(30)19-5-4-12-33-19/h4-13,27H,3H2,1-2H3,(H,26,31)(H,28,30). The van der Waals surface area contributed by atoms with Gasteiger partial charge in [-0.25, -0.2) is 4.39 Å². The number of halogens is 1. The van der Waals surface area contributed by atoms with Crippen molar-refractivity contribution < 1.29 is 18.8 Å². The summed E-state index contributed by atoms with van der Waals surface area (Å²) in [5, 5.41) is 7.95. The van der Waals surface area contributed by atoms with Crippen LogP contribution in [0.15, 0.2) is 60.0 Å². The van der Waals surface area contributed by atoms with Crippen LogP contribution in [0.4, 0.5) is 15.9 Å². The molecular formula is C24H21FN4O3S. The molecule has 0 aliphatic heterocycles. The SMILES string of the molecule is CCNC(=O)c1c(NC(=O)c2cccs2)[nH]c2cc(N(C)C(=O)c3ccc(F)cc3)ccc12. The van der Waals surface area contributed by atoms with E-state index in [9.17, 15) is 18.8 Å². The summed E-state index contributed by atoms with van der Waals surface area (Å²) in [4.78, 5) is 43.2. The van der Waals surface area contributed by atoms with Crippen LogP contribution in [0.1, 0.15) is 37.3 Å². The molecule has 0 aliphatic rings. The van der Waals surface area contributed by atoms with Gasteiger partial charge < -0.3 is 20.5 Å². The molecule has 0 saturated heterocycles. The van der Waals surface area contributed by atoms with Gasteiger partial charge in [0.25, 0.3) is 17.7 Å². The highest BCUT2D eigenvalue weighted by Gasteiger charge is 2.22. The van der Waals surface area contributed by atoms with E-state index in [0.717, 1.165) is 0 Å². The second kappa shape index (κ2) is 9.25. The van der Waals surface area contributed by atoms with E-state index < -0.39 is 5.82 Å². The Hall–Kier alpha value is -3.98. The van der Waals surface area contributed by atoms with E-state index in [0.29, 0.717) is 39.1 Å². The zero-order valence-corrected chi connectivity index (χ0v) is 18.8. The Morgan fingerprint density at radius 1 is 1.06 bits per heavy atom. The van der Waals surface area contributed by atoms with Crippen molar-refractivity contribution in [2.24, 2.45) is 0 Å². The first-order valence-corrected chi connectivity index (χ1v) is 11.1. The molecule has 9 heteroatoms. The number of H-pyrrole nitrogens is 1. The second-order valence-electron chi connectivity index (χ2n) is 7.27. The quantitative estimate of drug-likeness (QED) is 0.388. The van der Waals surface area contributed by atoms with Crippen LogP contribution in [0, 0.1) is 5.82 Å². The minimum atomic E-state index is -0.419. The first-order valence-electron chi connectivity index (χ1n) is 10.2. The molecule has 0 saturated carbocycles. The number of nitrogens with one attached hydrogen (secondary N) is 3. The van der Waals surface area contributed by atoms with Crippen molar-refractivity contribution in [2.45, 2.75) is 6.92 Å². The maximum absolute atomic E-state index is 13.2. The molecule has 3 N–H and O–H groups in total. The molecule has 7 nitrogen and oxygen atoms in total. The fourth-order valence-electron chi connectivity index (χ4n) is 3.46. The van der Waals surface area contributed by atoms with Gasteiger partial charge in [-0.3, -0.25) is 14.4 Å². The number of thiophene rings is 1. The fourth-order valence-corrected chi connectivity index (χ4v) is 4.08. The van der Waals surface area contributed by atoms with E-state index in [1.165, 1.54) is 40.5 Å². The number of nitrogens with zero attached hydrogens (tertiary/aromatic N) is 1. The van der Waals surface area contributed by atoms with Gasteiger partial charge in [0.15, 0.2) is 0 Å². The molecule has 33 heavy (non-hydrogen) atoms. The van der Waals surface area contributed by atoms with Gasteiger partial charge >= 0.3 is 0 Å². The van der Waals surface area contributed by atoms with Crippen LogP contribution >= 0.6 is 11.3 Å². The lowest BCUT2D eigenvalue weighted by Gasteiger charge is -2.17. The summed E-state index contributed by atoms with van der Waals surface area (Å²) < 4.78 is 13.2. The van der Waals surface area contributed by atoms with Gasteiger partial charge in [-0.05, 0) is 60.8 Å². The number of carbonyl (C=O) groups excluding carboxylic acids is 3. The molecule has 3 amide bonds. The molecule has 0 radical (unpaired) electrons. The van der Waals surface area contributed by atoms with Crippen LogP contribution < -0.4 is 15.5 Å². The summed E-state index contributed by atoms with van der Waals surface area (Å²) in [5.74, 6) is -1.10. The van der Waals surface area contributed by atoms with Crippen molar-refractivity contribution in [3.05, 3.63) is 81.8 Å². The monoisotopic (exact) mass is 464 g/mol. The van der Waals surface area contributed by atoms with Crippen LogP contribution in [-0.4, -0.2) is 36.3 Å². The second-order valence-corrected chi connectivity index (χ2v) is 8.21. The number of aromatic nitrogens is 1. The van der Waals surface area contributed by atoms with Crippen LogP contribution in [0.3, 0.4) is 0 Å².